The summed E-state index contributed by atoms with van der Waals surface area (Å²) in [4.78, 5) is 41.7. The van der Waals surface area contributed by atoms with Crippen LogP contribution in [0.15, 0.2) is 41.9 Å². The Bertz CT molecular complexity index is 1570. The van der Waals surface area contributed by atoms with E-state index >= 15 is 0 Å². The first-order chi connectivity index (χ1) is 19.0. The number of ether oxygens (including phenoxy) is 2. The Morgan fingerprint density at radius 1 is 1.10 bits per heavy atom. The highest BCUT2D eigenvalue weighted by Crippen LogP contribution is 2.34. The quantitative estimate of drug-likeness (QED) is 0.313. The summed E-state index contributed by atoms with van der Waals surface area (Å²) in [5, 5.41) is 9.19. The minimum atomic E-state index is -0.227. The van der Waals surface area contributed by atoms with E-state index in [0.29, 0.717) is 47.4 Å². The van der Waals surface area contributed by atoms with Gasteiger partial charge in [-0.05, 0) is 48.7 Å². The fourth-order valence-electron chi connectivity index (χ4n) is 4.95. The number of carbonyl (C=O) groups excluding carboxylic acids is 2. The van der Waals surface area contributed by atoms with Crippen molar-refractivity contribution in [2.75, 3.05) is 48.2 Å². The van der Waals surface area contributed by atoms with Crippen LogP contribution < -0.4 is 30.3 Å². The Labute approximate surface area is 228 Å². The number of amides is 2. The molecule has 4 aromatic rings. The molecular weight excluding hydrogens is 518 g/mol. The molecule has 200 valence electrons. The number of anilines is 5. The van der Waals surface area contributed by atoms with Gasteiger partial charge in [0.25, 0.3) is 0 Å². The molecule has 2 aromatic carbocycles. The maximum atomic E-state index is 13.2. The van der Waals surface area contributed by atoms with Gasteiger partial charge in [-0.1, -0.05) is 0 Å². The average molecular weight is 546 g/mol. The molecule has 0 radical (unpaired) electrons. The van der Waals surface area contributed by atoms with Gasteiger partial charge in [0.2, 0.25) is 17.8 Å². The van der Waals surface area contributed by atoms with Crippen LogP contribution in [0.3, 0.4) is 0 Å². The SMILES string of the molecule is COc1ccc(Nc2nc(N3CCCC(C(=O)Nc4ccc5c(c4)CC(=O)N5)C3)nc3scnc23)cc1OC. The standard InChI is InChI=1S/C27H27N7O4S/c1-37-20-8-6-18(12-21(20)38-2)29-24-23-26(39-14-28-23)33-27(32-24)34-9-3-4-15(13-34)25(36)30-17-5-7-19-16(10-17)11-22(35)31-19/h5-8,10,12,14-15H,3-4,9,11,13H2,1-2H3,(H,30,36)(H,31,35)(H,29,32,33). The zero-order valence-corrected chi connectivity index (χ0v) is 22.3. The predicted octanol–water partition coefficient (Wildman–Crippen LogP) is 4.20. The molecule has 6 rings (SSSR count). The zero-order chi connectivity index (χ0) is 26.9. The molecule has 3 N–H and O–H groups in total. The Morgan fingerprint density at radius 3 is 2.79 bits per heavy atom. The van der Waals surface area contributed by atoms with E-state index in [1.807, 2.05) is 36.4 Å². The molecule has 4 heterocycles. The first-order valence-electron chi connectivity index (χ1n) is 12.6. The van der Waals surface area contributed by atoms with Gasteiger partial charge in [0.05, 0.1) is 32.1 Å². The fraction of sp³-hybridized carbons (Fsp3) is 0.296. The van der Waals surface area contributed by atoms with Gasteiger partial charge in [0.1, 0.15) is 5.52 Å². The van der Waals surface area contributed by atoms with Crippen LogP contribution in [-0.2, 0) is 16.0 Å². The molecule has 0 spiro atoms. The second kappa shape index (κ2) is 10.4. The lowest BCUT2D eigenvalue weighted by Crippen LogP contribution is -2.41. The van der Waals surface area contributed by atoms with Gasteiger partial charge < -0.3 is 30.3 Å². The van der Waals surface area contributed by atoms with E-state index in [1.165, 1.54) is 11.3 Å². The minimum Gasteiger partial charge on any atom is -0.493 e. The van der Waals surface area contributed by atoms with Crippen molar-refractivity contribution >= 4 is 62.3 Å². The molecule has 1 atom stereocenters. The third kappa shape index (κ3) is 5.02. The summed E-state index contributed by atoms with van der Waals surface area (Å²) in [6, 6.07) is 11.0. The summed E-state index contributed by atoms with van der Waals surface area (Å²) in [5.41, 5.74) is 5.58. The third-order valence-electron chi connectivity index (χ3n) is 6.91. The van der Waals surface area contributed by atoms with Gasteiger partial charge >= 0.3 is 0 Å². The Morgan fingerprint density at radius 2 is 1.95 bits per heavy atom. The maximum absolute atomic E-state index is 13.2. The molecule has 0 saturated carbocycles. The van der Waals surface area contributed by atoms with Gasteiger partial charge in [0, 0.05) is 36.2 Å². The van der Waals surface area contributed by atoms with Gasteiger partial charge in [-0.25, -0.2) is 4.98 Å². The van der Waals surface area contributed by atoms with E-state index in [-0.39, 0.29) is 17.7 Å². The summed E-state index contributed by atoms with van der Waals surface area (Å²) in [6.07, 6.45) is 1.93. The number of methoxy groups -OCH3 is 2. The number of thiazole rings is 1. The lowest BCUT2D eigenvalue weighted by molar-refractivity contribution is -0.120. The summed E-state index contributed by atoms with van der Waals surface area (Å²) in [5.74, 6) is 2.05. The number of fused-ring (bicyclic) bond motifs is 2. The number of carbonyl (C=O) groups is 2. The van der Waals surface area contributed by atoms with Gasteiger partial charge in [-0.2, -0.15) is 9.97 Å². The topological polar surface area (TPSA) is 131 Å². The molecule has 2 aliphatic rings. The lowest BCUT2D eigenvalue weighted by atomic mass is 9.97. The Balaban J connectivity index is 1.21. The number of hydrogen-bond donors (Lipinski definition) is 3. The normalized spacial score (nSPS) is 16.5. The van der Waals surface area contributed by atoms with Crippen LogP contribution in [0.5, 0.6) is 11.5 Å². The molecule has 0 aliphatic carbocycles. The maximum Gasteiger partial charge on any atom is 0.229 e. The second-order valence-corrected chi connectivity index (χ2v) is 10.3. The number of rotatable bonds is 7. The van der Waals surface area contributed by atoms with Crippen molar-refractivity contribution in [1.29, 1.82) is 0 Å². The van der Waals surface area contributed by atoms with Crippen LogP contribution in [0.4, 0.5) is 28.8 Å². The summed E-state index contributed by atoms with van der Waals surface area (Å²) < 4.78 is 10.8. The van der Waals surface area contributed by atoms with Crippen molar-refractivity contribution in [3.05, 3.63) is 47.5 Å². The van der Waals surface area contributed by atoms with Gasteiger partial charge in [0.15, 0.2) is 22.1 Å². The fourth-order valence-corrected chi connectivity index (χ4v) is 5.61. The zero-order valence-electron chi connectivity index (χ0n) is 21.5. The van der Waals surface area contributed by atoms with Crippen molar-refractivity contribution in [3.63, 3.8) is 0 Å². The molecule has 1 saturated heterocycles. The van der Waals surface area contributed by atoms with Gasteiger partial charge in [-0.15, -0.1) is 11.3 Å². The largest absolute Gasteiger partial charge is 0.493 e. The van der Waals surface area contributed by atoms with Gasteiger partial charge in [-0.3, -0.25) is 9.59 Å². The average Bonchev–Trinajstić information content (AvgIpc) is 3.58. The van der Waals surface area contributed by atoms with Crippen molar-refractivity contribution in [2.24, 2.45) is 5.92 Å². The van der Waals surface area contributed by atoms with Crippen LogP contribution in [-0.4, -0.2) is 54.1 Å². The first kappa shape index (κ1) is 24.9. The molecule has 1 unspecified atom stereocenters. The molecule has 11 nitrogen and oxygen atoms in total. The van der Waals surface area contributed by atoms with E-state index in [2.05, 4.69) is 25.8 Å². The molecule has 2 aromatic heterocycles. The number of benzene rings is 2. The Hall–Kier alpha value is -4.45. The van der Waals surface area contributed by atoms with Crippen molar-refractivity contribution in [2.45, 2.75) is 19.3 Å². The van der Waals surface area contributed by atoms with E-state index < -0.39 is 0 Å². The van der Waals surface area contributed by atoms with Crippen LogP contribution in [0.25, 0.3) is 10.3 Å². The highest BCUT2D eigenvalue weighted by atomic mass is 32.1. The number of hydrogen-bond acceptors (Lipinski definition) is 10. The third-order valence-corrected chi connectivity index (χ3v) is 7.62. The molecule has 12 heteroatoms. The van der Waals surface area contributed by atoms with Crippen LogP contribution in [0, 0.1) is 5.92 Å². The number of nitrogens with zero attached hydrogens (tertiary/aromatic N) is 4. The molecule has 2 amide bonds. The van der Waals surface area contributed by atoms with E-state index in [1.54, 1.807) is 19.7 Å². The summed E-state index contributed by atoms with van der Waals surface area (Å²) in [7, 11) is 3.19. The lowest BCUT2D eigenvalue weighted by Gasteiger charge is -2.32. The van der Waals surface area contributed by atoms with Crippen LogP contribution in [0.2, 0.25) is 0 Å². The first-order valence-corrected chi connectivity index (χ1v) is 13.5. The molecule has 0 bridgehead atoms. The summed E-state index contributed by atoms with van der Waals surface area (Å²) >= 11 is 1.44. The number of nitrogens with one attached hydrogen (secondary N) is 3. The van der Waals surface area contributed by atoms with Crippen LogP contribution >= 0.6 is 11.3 Å². The molecule has 1 fully saturated rings. The second-order valence-electron chi connectivity index (χ2n) is 9.44. The molecule has 39 heavy (non-hydrogen) atoms. The highest BCUT2D eigenvalue weighted by Gasteiger charge is 2.29. The van der Waals surface area contributed by atoms with E-state index in [4.69, 9.17) is 19.4 Å². The van der Waals surface area contributed by atoms with Crippen molar-refractivity contribution < 1.29 is 19.1 Å². The number of aromatic nitrogens is 3. The summed E-state index contributed by atoms with van der Waals surface area (Å²) in [6.45, 7) is 1.24. The predicted molar refractivity (Wildman–Crippen MR) is 150 cm³/mol. The highest BCUT2D eigenvalue weighted by molar-refractivity contribution is 7.16. The van der Waals surface area contributed by atoms with Crippen molar-refractivity contribution in [1.82, 2.24) is 15.0 Å². The Kier molecular flexibility index (Phi) is 6.61. The van der Waals surface area contributed by atoms with Crippen LogP contribution in [0.1, 0.15) is 18.4 Å². The van der Waals surface area contributed by atoms with Crippen molar-refractivity contribution in [3.8, 4) is 11.5 Å². The molecular formula is C27H27N7O4S. The van der Waals surface area contributed by atoms with E-state index in [0.717, 1.165) is 41.2 Å². The molecule has 2 aliphatic heterocycles. The number of piperidine rings is 1. The smallest absolute Gasteiger partial charge is 0.229 e. The van der Waals surface area contributed by atoms with E-state index in [9.17, 15) is 9.59 Å². The monoisotopic (exact) mass is 545 g/mol. The minimum absolute atomic E-state index is 0.0331.